The van der Waals surface area contributed by atoms with Gasteiger partial charge in [0.2, 0.25) is 11.8 Å². The molecule has 2 amide bonds. The van der Waals surface area contributed by atoms with Crippen LogP contribution >= 0.6 is 35.0 Å². The van der Waals surface area contributed by atoms with Gasteiger partial charge in [-0.2, -0.15) is 0 Å². The Balaban J connectivity index is 1.54. The first kappa shape index (κ1) is 36.8. The summed E-state index contributed by atoms with van der Waals surface area (Å²) in [5.74, 6) is -1.46. The molecule has 0 saturated carbocycles. The molecule has 2 aromatic heterocycles. The molecule has 0 radical (unpaired) electrons. The number of para-hydroxylation sites is 1. The molecule has 0 saturated heterocycles. The van der Waals surface area contributed by atoms with E-state index in [2.05, 4.69) is 25.9 Å². The zero-order valence-corrected chi connectivity index (χ0v) is 29.6. The van der Waals surface area contributed by atoms with Gasteiger partial charge in [0.15, 0.2) is 5.78 Å². The van der Waals surface area contributed by atoms with Gasteiger partial charge in [0.1, 0.15) is 11.1 Å². The number of nitrogens with one attached hydrogen (secondary N) is 4. The van der Waals surface area contributed by atoms with Crippen molar-refractivity contribution < 1.29 is 14.4 Å². The molecule has 49 heavy (non-hydrogen) atoms. The van der Waals surface area contributed by atoms with E-state index in [1.165, 1.54) is 11.8 Å². The number of H-pyrrole nitrogens is 1. The van der Waals surface area contributed by atoms with Gasteiger partial charge >= 0.3 is 0 Å². The second kappa shape index (κ2) is 18.0. The van der Waals surface area contributed by atoms with Crippen LogP contribution in [0.1, 0.15) is 55.2 Å². The molecule has 1 aliphatic heterocycles. The highest BCUT2D eigenvalue weighted by Gasteiger charge is 2.31. The lowest BCUT2D eigenvalue weighted by molar-refractivity contribution is -0.133. The van der Waals surface area contributed by atoms with Crippen LogP contribution in [0.2, 0.25) is 10.0 Å². The maximum Gasteiger partial charge on any atom is 0.243 e. The Labute approximate surface area is 300 Å². The number of carbonyl (C=O) groups is 3. The summed E-state index contributed by atoms with van der Waals surface area (Å²) in [5.41, 5.74) is 14.9. The van der Waals surface area contributed by atoms with Crippen LogP contribution in [0.4, 0.5) is 0 Å². The molecule has 8 N–H and O–H groups in total. The van der Waals surface area contributed by atoms with Crippen molar-refractivity contribution in [2.75, 3.05) is 13.1 Å². The number of aromatic nitrogens is 2. The van der Waals surface area contributed by atoms with Crippen LogP contribution in [0.25, 0.3) is 10.9 Å². The number of benzene rings is 2. The smallest absolute Gasteiger partial charge is 0.243 e. The number of nitrogens with zero attached hydrogens (tertiary/aromatic N) is 1. The number of hydrogen-bond donors (Lipinski definition) is 6. The lowest BCUT2D eigenvalue weighted by atomic mass is 9.90. The monoisotopic (exact) mass is 723 g/mol. The fourth-order valence-electron chi connectivity index (χ4n) is 6.09. The van der Waals surface area contributed by atoms with Crippen molar-refractivity contribution in [2.24, 2.45) is 17.4 Å². The summed E-state index contributed by atoms with van der Waals surface area (Å²) < 4.78 is 0. The van der Waals surface area contributed by atoms with Crippen LogP contribution in [-0.4, -0.2) is 52.7 Å². The summed E-state index contributed by atoms with van der Waals surface area (Å²) in [5, 5.41) is 12.0. The fourth-order valence-corrected chi connectivity index (χ4v) is 7.72. The van der Waals surface area contributed by atoms with Crippen molar-refractivity contribution in [3.63, 3.8) is 0 Å². The highest BCUT2D eigenvalue weighted by molar-refractivity contribution is 7.99. The van der Waals surface area contributed by atoms with Gasteiger partial charge in [-0.15, -0.1) is 0 Å². The molecule has 5 rings (SSSR count). The topological polar surface area (TPSA) is 168 Å². The molecule has 0 spiro atoms. The summed E-state index contributed by atoms with van der Waals surface area (Å²) in [7, 11) is 0. The van der Waals surface area contributed by atoms with Gasteiger partial charge in [0.25, 0.3) is 0 Å². The van der Waals surface area contributed by atoms with E-state index in [1.54, 1.807) is 18.3 Å². The molecule has 260 valence electrons. The highest BCUT2D eigenvalue weighted by atomic mass is 35.5. The Hall–Kier alpha value is -3.45. The minimum Gasteiger partial charge on any atom is -0.361 e. The van der Waals surface area contributed by atoms with Crippen LogP contribution in [0.5, 0.6) is 0 Å². The number of halogens is 2. The van der Waals surface area contributed by atoms with Gasteiger partial charge in [-0.25, -0.2) is 4.98 Å². The zero-order chi connectivity index (χ0) is 34.8. The molecular weight excluding hydrogens is 681 g/mol. The molecule has 0 aliphatic carbocycles. The summed E-state index contributed by atoms with van der Waals surface area (Å²) >= 11 is 14.8. The molecular formula is C36H43Cl2N7O3S. The van der Waals surface area contributed by atoms with Crippen LogP contribution in [-0.2, 0) is 33.9 Å². The van der Waals surface area contributed by atoms with Gasteiger partial charge in [-0.05, 0) is 74.2 Å². The average Bonchev–Trinajstić information content (AvgIpc) is 3.51. The standard InChI is InChI=1S/C36H43Cl2N7O3S/c37-27-12-13-28(38)33-26(27)21-44-35(48)31(17-24-20-42-29-10-2-1-9-25(24)29)45-34(47)22(7-3-4-14-39)18-32(46)30(11-5-15-40)43-19-23-8-6-16-41-36(23)49-33/h1-2,6,8-10,12-13,16,20,22,30-31,42-43H,3-5,7,11,14-15,17-19,21,39-40H2,(H,44,48)(H,45,47)/t22-,30+,31+/m1/s1. The van der Waals surface area contributed by atoms with Crippen molar-refractivity contribution in [1.82, 2.24) is 25.9 Å². The Kier molecular flexibility index (Phi) is 13.5. The summed E-state index contributed by atoms with van der Waals surface area (Å²) in [4.78, 5) is 50.6. The first-order valence-corrected chi connectivity index (χ1v) is 18.2. The number of aromatic amines is 1. The number of nitrogens with two attached hydrogens (primary N) is 2. The van der Waals surface area contributed by atoms with Crippen molar-refractivity contribution in [2.45, 2.75) is 80.0 Å². The predicted molar refractivity (Wildman–Crippen MR) is 196 cm³/mol. The molecule has 3 atom stereocenters. The number of hydrogen-bond acceptors (Lipinski definition) is 8. The number of ketones is 1. The van der Waals surface area contributed by atoms with Gasteiger partial charge in [0, 0.05) is 70.6 Å². The normalized spacial score (nSPS) is 19.5. The Morgan fingerprint density at radius 3 is 2.47 bits per heavy atom. The Morgan fingerprint density at radius 1 is 0.857 bits per heavy atom. The number of fused-ring (bicyclic) bond motifs is 3. The van der Waals surface area contributed by atoms with Crippen molar-refractivity contribution in [3.05, 3.63) is 87.7 Å². The van der Waals surface area contributed by atoms with E-state index in [-0.39, 0.29) is 37.0 Å². The maximum atomic E-state index is 14.1. The van der Waals surface area contributed by atoms with Gasteiger partial charge in [-0.3, -0.25) is 14.4 Å². The van der Waals surface area contributed by atoms with E-state index in [0.29, 0.717) is 70.8 Å². The van der Waals surface area contributed by atoms with E-state index in [1.807, 2.05) is 42.6 Å². The van der Waals surface area contributed by atoms with E-state index in [9.17, 15) is 14.4 Å². The number of unbranched alkanes of at least 4 members (excludes halogenated alkanes) is 1. The second-order valence-electron chi connectivity index (χ2n) is 12.3. The Morgan fingerprint density at radius 2 is 1.65 bits per heavy atom. The van der Waals surface area contributed by atoms with Gasteiger partial charge in [0.05, 0.1) is 11.1 Å². The number of pyridine rings is 1. The van der Waals surface area contributed by atoms with E-state index >= 15 is 0 Å². The summed E-state index contributed by atoms with van der Waals surface area (Å²) in [6, 6.07) is 13.5. The third-order valence-corrected chi connectivity index (χ3v) is 10.8. The molecule has 3 heterocycles. The molecule has 2 aromatic carbocycles. The number of Topliss-reactive ketones (excluding diaryl/α,β-unsaturated/α-hetero) is 1. The van der Waals surface area contributed by atoms with Crippen LogP contribution in [0.15, 0.2) is 70.8 Å². The van der Waals surface area contributed by atoms with E-state index in [0.717, 1.165) is 28.5 Å². The molecule has 0 fully saturated rings. The zero-order valence-electron chi connectivity index (χ0n) is 27.3. The largest absolute Gasteiger partial charge is 0.361 e. The summed E-state index contributed by atoms with van der Waals surface area (Å²) in [6.45, 7) is 1.34. The highest BCUT2D eigenvalue weighted by Crippen LogP contribution is 2.39. The number of carbonyl (C=O) groups excluding carboxylic acids is 3. The molecule has 4 aromatic rings. The number of rotatable bonds is 9. The lowest BCUT2D eigenvalue weighted by Crippen LogP contribution is -2.50. The SMILES string of the molecule is NCCCC[C@@H]1CC(=O)[C@H](CCCN)NCc2cccnc2Sc2c(Cl)ccc(Cl)c2CNC(=O)[C@H](Cc2c[nH]c3ccccc23)NC1=O. The van der Waals surface area contributed by atoms with Crippen LogP contribution < -0.4 is 27.4 Å². The molecule has 10 nitrogen and oxygen atoms in total. The van der Waals surface area contributed by atoms with E-state index in [4.69, 9.17) is 34.7 Å². The fraction of sp³-hybridized carbons (Fsp3) is 0.389. The molecule has 13 heteroatoms. The minimum absolute atomic E-state index is 0.0192. The van der Waals surface area contributed by atoms with Gasteiger partial charge in [-0.1, -0.05) is 65.7 Å². The summed E-state index contributed by atoms with van der Waals surface area (Å²) in [6.07, 6.45) is 6.82. The predicted octanol–water partition coefficient (Wildman–Crippen LogP) is 5.28. The lowest BCUT2D eigenvalue weighted by Gasteiger charge is -2.24. The van der Waals surface area contributed by atoms with Crippen LogP contribution in [0, 0.1) is 5.92 Å². The third-order valence-electron chi connectivity index (χ3n) is 8.82. The molecule has 0 bridgehead atoms. The Bertz CT molecular complexity index is 1770. The van der Waals surface area contributed by atoms with Crippen molar-refractivity contribution in [3.8, 4) is 0 Å². The maximum absolute atomic E-state index is 14.1. The quantitative estimate of drug-likeness (QED) is 0.127. The first-order valence-electron chi connectivity index (χ1n) is 16.7. The molecule has 1 aliphatic rings. The molecule has 0 unspecified atom stereocenters. The van der Waals surface area contributed by atoms with Gasteiger partial charge < -0.3 is 32.4 Å². The first-order chi connectivity index (χ1) is 23.8. The van der Waals surface area contributed by atoms with Crippen LogP contribution in [0.3, 0.4) is 0 Å². The van der Waals surface area contributed by atoms with Crippen molar-refractivity contribution in [1.29, 1.82) is 0 Å². The van der Waals surface area contributed by atoms with Crippen molar-refractivity contribution >= 4 is 63.5 Å². The van der Waals surface area contributed by atoms with E-state index < -0.39 is 18.0 Å². The minimum atomic E-state index is -0.933. The average molecular weight is 725 g/mol. The third kappa shape index (κ3) is 9.62. The number of amides is 2. The second-order valence-corrected chi connectivity index (χ2v) is 14.1.